The highest BCUT2D eigenvalue weighted by molar-refractivity contribution is 5.78. The van der Waals surface area contributed by atoms with E-state index >= 15 is 0 Å². The summed E-state index contributed by atoms with van der Waals surface area (Å²) < 4.78 is 5.10. The Morgan fingerprint density at radius 3 is 3.05 bits per heavy atom. The van der Waals surface area contributed by atoms with Crippen molar-refractivity contribution in [2.75, 3.05) is 20.2 Å². The predicted molar refractivity (Wildman–Crippen MR) is 73.0 cm³/mol. The van der Waals surface area contributed by atoms with E-state index in [1.807, 2.05) is 24.3 Å². The van der Waals surface area contributed by atoms with Crippen LogP contribution >= 0.6 is 0 Å². The van der Waals surface area contributed by atoms with Crippen LogP contribution in [0.1, 0.15) is 18.4 Å². The third-order valence-corrected chi connectivity index (χ3v) is 2.57. The minimum atomic E-state index is -0.0166. The second-order valence-electron chi connectivity index (χ2n) is 4.04. The maximum absolute atomic E-state index is 11.7. The molecule has 0 saturated heterocycles. The Balaban J connectivity index is 2.25. The van der Waals surface area contributed by atoms with Crippen molar-refractivity contribution in [1.82, 2.24) is 5.32 Å². The molecule has 1 rings (SSSR count). The number of unbranched alkanes of at least 4 members (excludes halogenated alkanes) is 1. The van der Waals surface area contributed by atoms with E-state index in [0.717, 1.165) is 24.2 Å². The first-order valence-electron chi connectivity index (χ1n) is 6.16. The molecule has 0 fully saturated rings. The van der Waals surface area contributed by atoms with Crippen molar-refractivity contribution in [3.63, 3.8) is 0 Å². The molecule has 0 saturated carbocycles. The fourth-order valence-corrected chi connectivity index (χ4v) is 1.61. The van der Waals surface area contributed by atoms with Gasteiger partial charge in [0.05, 0.1) is 13.5 Å². The van der Waals surface area contributed by atoms with Gasteiger partial charge in [-0.05, 0) is 36.1 Å². The van der Waals surface area contributed by atoms with Crippen molar-refractivity contribution in [2.24, 2.45) is 5.11 Å². The average molecular weight is 262 g/mol. The highest BCUT2D eigenvalue weighted by Gasteiger charge is 2.03. The third kappa shape index (κ3) is 6.33. The molecule has 1 N–H and O–H groups in total. The van der Waals surface area contributed by atoms with Crippen LogP contribution in [0, 0.1) is 0 Å². The zero-order chi connectivity index (χ0) is 13.9. The molecule has 1 aromatic carbocycles. The van der Waals surface area contributed by atoms with Crippen LogP contribution in [-0.2, 0) is 11.2 Å². The predicted octanol–water partition coefficient (Wildman–Crippen LogP) is 2.44. The molecular formula is C13H18N4O2. The standard InChI is InChI=1S/C13H18N4O2/c1-19-12-6-4-5-11(9-12)10-13(18)15-7-2-3-8-16-17-14/h4-6,9H,2-3,7-8,10H2,1H3,(H,15,18). The summed E-state index contributed by atoms with van der Waals surface area (Å²) in [4.78, 5) is 14.3. The summed E-state index contributed by atoms with van der Waals surface area (Å²) in [6, 6.07) is 7.45. The fraction of sp³-hybridized carbons (Fsp3) is 0.462. The summed E-state index contributed by atoms with van der Waals surface area (Å²) in [6.07, 6.45) is 1.93. The van der Waals surface area contributed by atoms with E-state index in [2.05, 4.69) is 15.3 Å². The van der Waals surface area contributed by atoms with Crippen LogP contribution < -0.4 is 10.1 Å². The lowest BCUT2D eigenvalue weighted by Crippen LogP contribution is -2.26. The molecule has 0 bridgehead atoms. The van der Waals surface area contributed by atoms with Gasteiger partial charge in [-0.1, -0.05) is 17.2 Å². The Kier molecular flexibility index (Phi) is 6.90. The maximum atomic E-state index is 11.7. The minimum Gasteiger partial charge on any atom is -0.497 e. The summed E-state index contributed by atoms with van der Waals surface area (Å²) in [5, 5.41) is 6.26. The molecule has 0 aliphatic rings. The van der Waals surface area contributed by atoms with Gasteiger partial charge in [-0.25, -0.2) is 0 Å². The second-order valence-corrected chi connectivity index (χ2v) is 4.04. The number of azide groups is 1. The van der Waals surface area contributed by atoms with Crippen LogP contribution in [0.5, 0.6) is 5.75 Å². The van der Waals surface area contributed by atoms with E-state index in [1.54, 1.807) is 7.11 Å². The van der Waals surface area contributed by atoms with Gasteiger partial charge in [0, 0.05) is 18.0 Å². The first-order valence-corrected chi connectivity index (χ1v) is 6.16. The van der Waals surface area contributed by atoms with Gasteiger partial charge < -0.3 is 10.1 Å². The Labute approximate surface area is 112 Å². The molecule has 6 heteroatoms. The van der Waals surface area contributed by atoms with Crippen molar-refractivity contribution in [1.29, 1.82) is 0 Å². The summed E-state index contributed by atoms with van der Waals surface area (Å²) in [7, 11) is 1.60. The minimum absolute atomic E-state index is 0.0166. The van der Waals surface area contributed by atoms with Gasteiger partial charge in [0.1, 0.15) is 5.75 Å². The molecule has 6 nitrogen and oxygen atoms in total. The highest BCUT2D eigenvalue weighted by Crippen LogP contribution is 2.12. The molecular weight excluding hydrogens is 244 g/mol. The third-order valence-electron chi connectivity index (χ3n) is 2.57. The van der Waals surface area contributed by atoms with Crippen LogP contribution in [0.3, 0.4) is 0 Å². The van der Waals surface area contributed by atoms with Crippen LogP contribution in [0.4, 0.5) is 0 Å². The largest absolute Gasteiger partial charge is 0.497 e. The lowest BCUT2D eigenvalue weighted by molar-refractivity contribution is -0.120. The molecule has 0 heterocycles. The van der Waals surface area contributed by atoms with Crippen molar-refractivity contribution in [3.8, 4) is 5.75 Å². The molecule has 19 heavy (non-hydrogen) atoms. The number of methoxy groups -OCH3 is 1. The number of nitrogens with zero attached hydrogens (tertiary/aromatic N) is 3. The summed E-state index contributed by atoms with van der Waals surface area (Å²) in [5.74, 6) is 0.733. The lowest BCUT2D eigenvalue weighted by atomic mass is 10.1. The van der Waals surface area contributed by atoms with Crippen LogP contribution in [-0.4, -0.2) is 26.1 Å². The van der Waals surface area contributed by atoms with Crippen molar-refractivity contribution < 1.29 is 9.53 Å². The topological polar surface area (TPSA) is 87.1 Å². The molecule has 0 atom stereocenters. The van der Waals surface area contributed by atoms with Gasteiger partial charge in [-0.2, -0.15) is 0 Å². The Hall–Kier alpha value is -2.20. The number of amides is 1. The average Bonchev–Trinajstić information content (AvgIpc) is 2.43. The Bertz CT molecular complexity index is 456. The number of carbonyl (C=O) groups is 1. The zero-order valence-electron chi connectivity index (χ0n) is 11.0. The summed E-state index contributed by atoms with van der Waals surface area (Å²) in [5.41, 5.74) is 9.02. The zero-order valence-corrected chi connectivity index (χ0v) is 11.0. The Morgan fingerprint density at radius 1 is 1.47 bits per heavy atom. The number of benzene rings is 1. The van der Waals surface area contributed by atoms with Crippen molar-refractivity contribution >= 4 is 5.91 Å². The van der Waals surface area contributed by atoms with E-state index in [0.29, 0.717) is 19.5 Å². The number of hydrogen-bond donors (Lipinski definition) is 1. The van der Waals surface area contributed by atoms with E-state index in [9.17, 15) is 4.79 Å². The highest BCUT2D eigenvalue weighted by atomic mass is 16.5. The number of carbonyl (C=O) groups excluding carboxylic acids is 1. The van der Waals surface area contributed by atoms with Crippen LogP contribution in [0.25, 0.3) is 10.4 Å². The van der Waals surface area contributed by atoms with E-state index in [1.165, 1.54) is 0 Å². The van der Waals surface area contributed by atoms with Gasteiger partial charge >= 0.3 is 0 Å². The first-order chi connectivity index (χ1) is 9.26. The normalized spacial score (nSPS) is 9.53. The van der Waals surface area contributed by atoms with Crippen LogP contribution in [0.15, 0.2) is 29.4 Å². The maximum Gasteiger partial charge on any atom is 0.224 e. The number of rotatable bonds is 8. The molecule has 0 unspecified atom stereocenters. The molecule has 0 aliphatic heterocycles. The van der Waals surface area contributed by atoms with Gasteiger partial charge in [0.2, 0.25) is 5.91 Å². The first kappa shape index (κ1) is 14.9. The van der Waals surface area contributed by atoms with E-state index in [4.69, 9.17) is 10.3 Å². The molecule has 0 aromatic heterocycles. The number of nitrogens with one attached hydrogen (secondary N) is 1. The number of hydrogen-bond acceptors (Lipinski definition) is 3. The molecule has 102 valence electrons. The van der Waals surface area contributed by atoms with Crippen molar-refractivity contribution in [2.45, 2.75) is 19.3 Å². The monoisotopic (exact) mass is 262 g/mol. The smallest absolute Gasteiger partial charge is 0.224 e. The lowest BCUT2D eigenvalue weighted by Gasteiger charge is -2.06. The van der Waals surface area contributed by atoms with Crippen LogP contribution in [0.2, 0.25) is 0 Å². The summed E-state index contributed by atoms with van der Waals surface area (Å²) in [6.45, 7) is 1.08. The molecule has 1 aromatic rings. The molecule has 0 spiro atoms. The van der Waals surface area contributed by atoms with Gasteiger partial charge in [0.15, 0.2) is 0 Å². The molecule has 0 radical (unpaired) electrons. The number of ether oxygens (including phenoxy) is 1. The fourth-order valence-electron chi connectivity index (χ4n) is 1.61. The summed E-state index contributed by atoms with van der Waals surface area (Å²) >= 11 is 0. The van der Waals surface area contributed by atoms with Gasteiger partial charge in [-0.3, -0.25) is 4.79 Å². The van der Waals surface area contributed by atoms with Gasteiger partial charge in [0.25, 0.3) is 0 Å². The van der Waals surface area contributed by atoms with Gasteiger partial charge in [-0.15, -0.1) is 0 Å². The SMILES string of the molecule is COc1cccc(CC(=O)NCCCCN=[N+]=[N-])c1. The molecule has 0 aliphatic carbocycles. The molecule has 1 amide bonds. The van der Waals surface area contributed by atoms with E-state index < -0.39 is 0 Å². The van der Waals surface area contributed by atoms with Crippen molar-refractivity contribution in [3.05, 3.63) is 40.3 Å². The quantitative estimate of drug-likeness (QED) is 0.337. The Morgan fingerprint density at radius 2 is 2.32 bits per heavy atom. The van der Waals surface area contributed by atoms with E-state index in [-0.39, 0.29) is 5.91 Å². The second kappa shape index (κ2) is 8.83.